The lowest BCUT2D eigenvalue weighted by Gasteiger charge is -2.08. The topological polar surface area (TPSA) is 56.0 Å². The molecule has 0 aliphatic rings. The highest BCUT2D eigenvalue weighted by Crippen LogP contribution is 2.18. The van der Waals surface area contributed by atoms with E-state index in [0.717, 1.165) is 27.2 Å². The number of anilines is 1. The fourth-order valence-electron chi connectivity index (χ4n) is 2.62. The van der Waals surface area contributed by atoms with Gasteiger partial charge in [0, 0.05) is 48.3 Å². The van der Waals surface area contributed by atoms with Gasteiger partial charge < -0.3 is 5.32 Å². The molecule has 0 saturated carbocycles. The molecule has 0 amide bonds. The molecule has 1 aromatic heterocycles. The summed E-state index contributed by atoms with van der Waals surface area (Å²) in [6.45, 7) is 0.670. The second kappa shape index (κ2) is 6.04. The SMILES string of the molecule is Cn1c(=O)n(C)c2cc(NCc3ccc([S@@](C)=O)cc3)ccc21. The number of hydrogen-bond acceptors (Lipinski definition) is 3. The van der Waals surface area contributed by atoms with Crippen molar-refractivity contribution < 1.29 is 4.21 Å². The molecular formula is C17H19N3O2S. The van der Waals surface area contributed by atoms with Gasteiger partial charge in [0.1, 0.15) is 0 Å². The summed E-state index contributed by atoms with van der Waals surface area (Å²) in [6, 6.07) is 13.6. The Balaban J connectivity index is 1.80. The highest BCUT2D eigenvalue weighted by Gasteiger charge is 2.08. The second-order valence-electron chi connectivity index (χ2n) is 5.56. The lowest BCUT2D eigenvalue weighted by Crippen LogP contribution is -2.19. The number of aryl methyl sites for hydroxylation is 2. The van der Waals surface area contributed by atoms with Crippen LogP contribution in [0.1, 0.15) is 5.56 Å². The molecule has 0 saturated heterocycles. The van der Waals surface area contributed by atoms with Crippen molar-refractivity contribution in [3.8, 4) is 0 Å². The summed E-state index contributed by atoms with van der Waals surface area (Å²) in [5.41, 5.74) is 3.86. The number of nitrogens with one attached hydrogen (secondary N) is 1. The maximum Gasteiger partial charge on any atom is 0.328 e. The molecule has 0 radical (unpaired) electrons. The monoisotopic (exact) mass is 329 g/mol. The second-order valence-corrected chi connectivity index (χ2v) is 6.94. The Kier molecular flexibility index (Phi) is 4.09. The third-order valence-corrected chi connectivity index (χ3v) is 4.96. The predicted molar refractivity (Wildman–Crippen MR) is 94.3 cm³/mol. The van der Waals surface area contributed by atoms with Crippen LogP contribution in [0.25, 0.3) is 11.0 Å². The van der Waals surface area contributed by atoms with Crippen LogP contribution in [-0.2, 0) is 31.4 Å². The molecule has 1 heterocycles. The minimum atomic E-state index is -0.951. The summed E-state index contributed by atoms with van der Waals surface area (Å²) < 4.78 is 14.7. The molecule has 0 aliphatic heterocycles. The Hall–Kier alpha value is -2.34. The molecule has 6 heteroatoms. The Morgan fingerprint density at radius 1 is 1.00 bits per heavy atom. The fraction of sp³-hybridized carbons (Fsp3) is 0.235. The highest BCUT2D eigenvalue weighted by atomic mass is 32.2. The van der Waals surface area contributed by atoms with Crippen molar-refractivity contribution in [2.45, 2.75) is 11.4 Å². The number of fused-ring (bicyclic) bond motifs is 1. The first kappa shape index (κ1) is 15.6. The fourth-order valence-corrected chi connectivity index (χ4v) is 3.14. The van der Waals surface area contributed by atoms with Crippen LogP contribution in [-0.4, -0.2) is 19.6 Å². The standard InChI is InChI=1S/C17H19N3O2S/c1-19-15-9-6-13(10-16(15)20(2)17(19)21)18-11-12-4-7-14(8-5-12)23(3)22/h4-10,18H,11H2,1-3H3/t23-/m1/s1. The van der Waals surface area contributed by atoms with Crippen molar-refractivity contribution in [3.63, 3.8) is 0 Å². The average Bonchev–Trinajstić information content (AvgIpc) is 2.77. The summed E-state index contributed by atoms with van der Waals surface area (Å²) in [7, 11) is 2.60. The Morgan fingerprint density at radius 2 is 1.65 bits per heavy atom. The van der Waals surface area contributed by atoms with Crippen molar-refractivity contribution in [1.82, 2.24) is 9.13 Å². The summed E-state index contributed by atoms with van der Waals surface area (Å²) in [5.74, 6) is 0. The van der Waals surface area contributed by atoms with Gasteiger partial charge in [-0.3, -0.25) is 13.3 Å². The van der Waals surface area contributed by atoms with Crippen LogP contribution in [0.5, 0.6) is 0 Å². The molecule has 3 rings (SSSR count). The molecule has 0 fully saturated rings. The van der Waals surface area contributed by atoms with Gasteiger partial charge in [-0.15, -0.1) is 0 Å². The summed E-state index contributed by atoms with van der Waals surface area (Å²) >= 11 is 0. The summed E-state index contributed by atoms with van der Waals surface area (Å²) in [6.07, 6.45) is 1.67. The first-order valence-electron chi connectivity index (χ1n) is 7.29. The molecular weight excluding hydrogens is 310 g/mol. The molecule has 0 spiro atoms. The van der Waals surface area contributed by atoms with E-state index in [1.54, 1.807) is 29.5 Å². The number of aromatic nitrogens is 2. The van der Waals surface area contributed by atoms with Crippen LogP contribution >= 0.6 is 0 Å². The smallest absolute Gasteiger partial charge is 0.328 e. The molecule has 1 N–H and O–H groups in total. The van der Waals surface area contributed by atoms with E-state index in [9.17, 15) is 9.00 Å². The van der Waals surface area contributed by atoms with E-state index in [-0.39, 0.29) is 5.69 Å². The summed E-state index contributed by atoms with van der Waals surface area (Å²) in [4.78, 5) is 12.8. The highest BCUT2D eigenvalue weighted by molar-refractivity contribution is 7.84. The van der Waals surface area contributed by atoms with Gasteiger partial charge in [0.15, 0.2) is 0 Å². The van der Waals surface area contributed by atoms with Crippen molar-refractivity contribution in [2.75, 3.05) is 11.6 Å². The van der Waals surface area contributed by atoms with Crippen LogP contribution < -0.4 is 11.0 Å². The van der Waals surface area contributed by atoms with E-state index < -0.39 is 10.8 Å². The van der Waals surface area contributed by atoms with Crippen LogP contribution in [0.3, 0.4) is 0 Å². The molecule has 1 atom stereocenters. The Labute approximate surface area is 137 Å². The number of hydrogen-bond donors (Lipinski definition) is 1. The zero-order valence-electron chi connectivity index (χ0n) is 13.4. The number of nitrogens with zero attached hydrogens (tertiary/aromatic N) is 2. The van der Waals surface area contributed by atoms with Crippen molar-refractivity contribution in [3.05, 3.63) is 58.5 Å². The van der Waals surface area contributed by atoms with Gasteiger partial charge in [-0.1, -0.05) is 12.1 Å². The van der Waals surface area contributed by atoms with Gasteiger partial charge in [-0.05, 0) is 35.9 Å². The van der Waals surface area contributed by atoms with Gasteiger partial charge in [0.25, 0.3) is 0 Å². The maximum absolute atomic E-state index is 11.9. The van der Waals surface area contributed by atoms with E-state index >= 15 is 0 Å². The summed E-state index contributed by atoms with van der Waals surface area (Å²) in [5, 5.41) is 3.36. The Bertz CT molecular complexity index is 939. The molecule has 0 unspecified atom stereocenters. The molecule has 3 aromatic rings. The zero-order chi connectivity index (χ0) is 16.6. The average molecular weight is 329 g/mol. The van der Waals surface area contributed by atoms with Gasteiger partial charge in [0.05, 0.1) is 11.0 Å². The van der Waals surface area contributed by atoms with E-state index in [0.29, 0.717) is 6.54 Å². The van der Waals surface area contributed by atoms with Gasteiger partial charge in [0.2, 0.25) is 0 Å². The van der Waals surface area contributed by atoms with E-state index in [1.807, 2.05) is 42.5 Å². The number of imidazole rings is 1. The third kappa shape index (κ3) is 2.94. The van der Waals surface area contributed by atoms with Crippen LogP contribution in [0.2, 0.25) is 0 Å². The first-order chi connectivity index (χ1) is 11.0. The van der Waals surface area contributed by atoms with Gasteiger partial charge >= 0.3 is 5.69 Å². The molecule has 23 heavy (non-hydrogen) atoms. The first-order valence-corrected chi connectivity index (χ1v) is 8.85. The Morgan fingerprint density at radius 3 is 2.30 bits per heavy atom. The predicted octanol–water partition coefficient (Wildman–Crippen LogP) is 2.23. The van der Waals surface area contributed by atoms with Crippen LogP contribution in [0.4, 0.5) is 5.69 Å². The van der Waals surface area contributed by atoms with Crippen LogP contribution in [0.15, 0.2) is 52.2 Å². The normalized spacial score (nSPS) is 12.5. The van der Waals surface area contributed by atoms with Crippen molar-refractivity contribution in [2.24, 2.45) is 14.1 Å². The van der Waals surface area contributed by atoms with Crippen LogP contribution in [0, 0.1) is 0 Å². The van der Waals surface area contributed by atoms with E-state index in [1.165, 1.54) is 0 Å². The molecule has 0 aliphatic carbocycles. The number of rotatable bonds is 4. The molecule has 0 bridgehead atoms. The molecule has 5 nitrogen and oxygen atoms in total. The quantitative estimate of drug-likeness (QED) is 0.798. The third-order valence-electron chi connectivity index (χ3n) is 4.02. The zero-order valence-corrected chi connectivity index (χ0v) is 14.2. The largest absolute Gasteiger partial charge is 0.381 e. The van der Waals surface area contributed by atoms with E-state index in [4.69, 9.17) is 0 Å². The molecule has 120 valence electrons. The minimum absolute atomic E-state index is 0.0275. The van der Waals surface area contributed by atoms with Crippen molar-refractivity contribution in [1.29, 1.82) is 0 Å². The maximum atomic E-state index is 11.9. The number of benzene rings is 2. The van der Waals surface area contributed by atoms with Gasteiger partial charge in [-0.2, -0.15) is 0 Å². The van der Waals surface area contributed by atoms with Gasteiger partial charge in [-0.25, -0.2) is 4.79 Å². The molecule has 2 aromatic carbocycles. The van der Waals surface area contributed by atoms with E-state index in [2.05, 4.69) is 5.32 Å². The lowest BCUT2D eigenvalue weighted by molar-refractivity contribution is 0.687. The minimum Gasteiger partial charge on any atom is -0.381 e. The van der Waals surface area contributed by atoms with Crippen molar-refractivity contribution >= 4 is 27.5 Å². The lowest BCUT2D eigenvalue weighted by atomic mass is 10.2.